The molecule has 2 heterocycles. The summed E-state index contributed by atoms with van der Waals surface area (Å²) in [5.41, 5.74) is 9.27. The number of morpholine rings is 1. The zero-order chi connectivity index (χ0) is 19.3. The van der Waals surface area contributed by atoms with Gasteiger partial charge in [-0.1, -0.05) is 29.8 Å². The highest BCUT2D eigenvalue weighted by Crippen LogP contribution is 2.24. The van der Waals surface area contributed by atoms with Crippen molar-refractivity contribution in [2.45, 2.75) is 12.8 Å². The number of amides is 1. The molecule has 0 radical (unpaired) electrons. The Hall–Kier alpha value is -2.90. The summed E-state index contributed by atoms with van der Waals surface area (Å²) < 4.78 is 7.08. The smallest absolute Gasteiger partial charge is 0.254 e. The third kappa shape index (κ3) is 4.32. The molecule has 1 aliphatic carbocycles. The number of nitrogens with one attached hydrogen (secondary N) is 1. The molecule has 7 heteroatoms. The first kappa shape index (κ1) is 18.5. The maximum Gasteiger partial charge on any atom is 0.254 e. The number of carbonyl (C=O) groups is 1. The molecule has 0 saturated carbocycles. The van der Waals surface area contributed by atoms with E-state index in [-0.39, 0.29) is 0 Å². The van der Waals surface area contributed by atoms with Crippen molar-refractivity contribution in [3.8, 4) is 5.69 Å². The molecule has 1 fully saturated rings. The van der Waals surface area contributed by atoms with E-state index in [0.717, 1.165) is 57.1 Å². The van der Waals surface area contributed by atoms with Crippen molar-refractivity contribution in [3.63, 3.8) is 0 Å². The largest absolute Gasteiger partial charge is 0.379 e. The number of nitrogens with two attached hydrogens (primary N) is 1. The summed E-state index contributed by atoms with van der Waals surface area (Å²) in [6.07, 6.45) is 7.78. The topological polar surface area (TPSA) is 85.4 Å². The molecule has 0 atom stereocenters. The molecular weight excluding hydrogens is 354 g/mol. The van der Waals surface area contributed by atoms with Gasteiger partial charge in [-0.3, -0.25) is 9.69 Å². The lowest BCUT2D eigenvalue weighted by atomic mass is 10.0. The highest BCUT2D eigenvalue weighted by atomic mass is 16.5. The minimum atomic E-state index is -0.496. The summed E-state index contributed by atoms with van der Waals surface area (Å²) in [4.78, 5) is 14.3. The maximum atomic E-state index is 11.9. The van der Waals surface area contributed by atoms with Crippen LogP contribution >= 0.6 is 0 Å². The molecule has 0 unspecified atom stereocenters. The summed E-state index contributed by atoms with van der Waals surface area (Å²) in [5.74, 6) is -0.00253. The first-order chi connectivity index (χ1) is 13.7. The number of anilines is 1. The third-order valence-electron chi connectivity index (χ3n) is 5.05. The molecule has 4 rings (SSSR count). The van der Waals surface area contributed by atoms with Gasteiger partial charge >= 0.3 is 0 Å². The fraction of sp³-hybridized carbons (Fsp3) is 0.333. The fourth-order valence-electron chi connectivity index (χ4n) is 3.47. The Morgan fingerprint density at radius 3 is 2.61 bits per heavy atom. The van der Waals surface area contributed by atoms with E-state index >= 15 is 0 Å². The van der Waals surface area contributed by atoms with Gasteiger partial charge in [0.2, 0.25) is 0 Å². The number of carbonyl (C=O) groups excluding carboxylic acids is 1. The van der Waals surface area contributed by atoms with Crippen molar-refractivity contribution >= 4 is 11.7 Å². The van der Waals surface area contributed by atoms with Crippen LogP contribution in [0.4, 0.5) is 5.82 Å². The molecule has 2 aliphatic rings. The van der Waals surface area contributed by atoms with E-state index in [4.69, 9.17) is 10.5 Å². The van der Waals surface area contributed by atoms with Crippen molar-refractivity contribution in [1.29, 1.82) is 0 Å². The molecule has 0 bridgehead atoms. The molecule has 7 nitrogen and oxygen atoms in total. The number of rotatable bonds is 6. The predicted octanol–water partition coefficient (Wildman–Crippen LogP) is 2.32. The molecule has 1 amide bonds. The number of hydrogen-bond acceptors (Lipinski definition) is 5. The Bertz CT molecular complexity index is 895. The van der Waals surface area contributed by atoms with Crippen molar-refractivity contribution in [2.75, 3.05) is 38.2 Å². The molecule has 1 saturated heterocycles. The highest BCUT2D eigenvalue weighted by molar-refractivity contribution is 5.97. The minimum absolute atomic E-state index is 0.382. The maximum absolute atomic E-state index is 11.9. The SMILES string of the molecule is NC(=O)c1cn(-c2ccccc2)nc1NC1=CC=C(CN2CCOCC2)CC1. The molecule has 1 aromatic carbocycles. The van der Waals surface area contributed by atoms with Gasteiger partial charge in [-0.2, -0.15) is 0 Å². The average Bonchev–Trinajstić information content (AvgIpc) is 3.15. The normalized spacial score (nSPS) is 17.7. The summed E-state index contributed by atoms with van der Waals surface area (Å²) in [7, 11) is 0. The van der Waals surface area contributed by atoms with Crippen molar-refractivity contribution in [2.24, 2.45) is 5.73 Å². The van der Waals surface area contributed by atoms with E-state index < -0.39 is 5.91 Å². The van der Waals surface area contributed by atoms with Crippen LogP contribution in [-0.4, -0.2) is 53.4 Å². The van der Waals surface area contributed by atoms with Gasteiger partial charge in [0, 0.05) is 31.5 Å². The fourth-order valence-corrected chi connectivity index (χ4v) is 3.47. The molecule has 1 aromatic heterocycles. The van der Waals surface area contributed by atoms with Crippen molar-refractivity contribution in [3.05, 3.63) is 65.5 Å². The van der Waals surface area contributed by atoms with Crippen LogP contribution in [0.15, 0.2) is 60.0 Å². The van der Waals surface area contributed by atoms with Gasteiger partial charge in [-0.25, -0.2) is 4.68 Å². The number of para-hydroxylation sites is 1. The van der Waals surface area contributed by atoms with Gasteiger partial charge in [0.05, 0.1) is 18.9 Å². The van der Waals surface area contributed by atoms with Gasteiger partial charge in [0.1, 0.15) is 5.56 Å². The van der Waals surface area contributed by atoms with Crippen LogP contribution in [0.3, 0.4) is 0 Å². The molecule has 2 aromatic rings. The standard InChI is InChI=1S/C21H25N5O2/c22-20(27)19-15-26(18-4-2-1-3-5-18)24-21(19)23-17-8-6-16(7-9-17)14-25-10-12-28-13-11-25/h1-6,8,15H,7,9-14H2,(H2,22,27)(H,23,24). The lowest BCUT2D eigenvalue weighted by molar-refractivity contribution is 0.0419. The second-order valence-corrected chi connectivity index (χ2v) is 7.07. The van der Waals surface area contributed by atoms with E-state index in [0.29, 0.717) is 11.4 Å². The van der Waals surface area contributed by atoms with Crippen LogP contribution in [0, 0.1) is 0 Å². The lowest BCUT2D eigenvalue weighted by Gasteiger charge is -2.28. The van der Waals surface area contributed by atoms with Crippen LogP contribution in [-0.2, 0) is 4.74 Å². The summed E-state index contributed by atoms with van der Waals surface area (Å²) in [5, 5.41) is 7.82. The monoisotopic (exact) mass is 379 g/mol. The van der Waals surface area contributed by atoms with Crippen molar-refractivity contribution < 1.29 is 9.53 Å². The van der Waals surface area contributed by atoms with E-state index in [1.54, 1.807) is 10.9 Å². The van der Waals surface area contributed by atoms with Gasteiger partial charge in [-0.05, 0) is 31.1 Å². The Morgan fingerprint density at radius 2 is 1.93 bits per heavy atom. The second kappa shape index (κ2) is 8.41. The summed E-state index contributed by atoms with van der Waals surface area (Å²) in [6, 6.07) is 9.66. The van der Waals surface area contributed by atoms with Crippen molar-refractivity contribution in [1.82, 2.24) is 14.7 Å². The number of aromatic nitrogens is 2. The van der Waals surface area contributed by atoms with Gasteiger partial charge < -0.3 is 15.8 Å². The van der Waals surface area contributed by atoms with Crippen LogP contribution in [0.2, 0.25) is 0 Å². The van der Waals surface area contributed by atoms with E-state index in [2.05, 4.69) is 27.5 Å². The summed E-state index contributed by atoms with van der Waals surface area (Å²) in [6.45, 7) is 4.60. The number of ether oxygens (including phenoxy) is 1. The minimum Gasteiger partial charge on any atom is -0.379 e. The Balaban J connectivity index is 1.48. The number of benzene rings is 1. The number of hydrogen-bond donors (Lipinski definition) is 2. The van der Waals surface area contributed by atoms with Crippen LogP contribution in [0.5, 0.6) is 0 Å². The zero-order valence-electron chi connectivity index (χ0n) is 15.8. The van der Waals surface area contributed by atoms with Gasteiger partial charge in [0.15, 0.2) is 5.82 Å². The predicted molar refractivity (Wildman–Crippen MR) is 108 cm³/mol. The Labute approximate surface area is 164 Å². The summed E-state index contributed by atoms with van der Waals surface area (Å²) >= 11 is 0. The first-order valence-corrected chi connectivity index (χ1v) is 9.59. The molecular formula is C21H25N5O2. The van der Waals surface area contributed by atoms with Gasteiger partial charge in [-0.15, -0.1) is 5.10 Å². The Morgan fingerprint density at radius 1 is 1.14 bits per heavy atom. The lowest BCUT2D eigenvalue weighted by Crippen LogP contribution is -2.37. The average molecular weight is 379 g/mol. The Kier molecular flexibility index (Phi) is 5.55. The van der Waals surface area contributed by atoms with Gasteiger partial charge in [0.25, 0.3) is 5.91 Å². The number of allylic oxidation sites excluding steroid dienone is 3. The molecule has 3 N–H and O–H groups in total. The molecule has 1 aliphatic heterocycles. The third-order valence-corrected chi connectivity index (χ3v) is 5.05. The highest BCUT2D eigenvalue weighted by Gasteiger charge is 2.18. The molecule has 28 heavy (non-hydrogen) atoms. The molecule has 146 valence electrons. The van der Waals surface area contributed by atoms with Crippen LogP contribution in [0.1, 0.15) is 23.2 Å². The quantitative estimate of drug-likeness (QED) is 0.805. The van der Waals surface area contributed by atoms with E-state index in [1.807, 2.05) is 30.3 Å². The number of primary amides is 1. The van der Waals surface area contributed by atoms with Crippen LogP contribution in [0.25, 0.3) is 5.69 Å². The molecule has 0 spiro atoms. The van der Waals surface area contributed by atoms with E-state index in [9.17, 15) is 4.79 Å². The van der Waals surface area contributed by atoms with Crippen LogP contribution < -0.4 is 11.1 Å². The first-order valence-electron chi connectivity index (χ1n) is 9.59. The zero-order valence-corrected chi connectivity index (χ0v) is 15.8. The van der Waals surface area contributed by atoms with E-state index in [1.165, 1.54) is 5.57 Å². The number of nitrogens with zero attached hydrogens (tertiary/aromatic N) is 3. The second-order valence-electron chi connectivity index (χ2n) is 7.07.